The molecule has 1 amide bonds. The molecule has 2 atom stereocenters. The molecule has 4 aromatic rings. The Morgan fingerprint density at radius 1 is 0.956 bits per heavy atom. The number of rotatable bonds is 11. The first-order valence-electron chi connectivity index (χ1n) is 13.8. The van der Waals surface area contributed by atoms with Crippen molar-refractivity contribution in [3.63, 3.8) is 0 Å². The van der Waals surface area contributed by atoms with Crippen molar-refractivity contribution in [2.24, 2.45) is 0 Å². The van der Waals surface area contributed by atoms with E-state index in [1.54, 1.807) is 24.3 Å². The van der Waals surface area contributed by atoms with Gasteiger partial charge < -0.3 is 10.4 Å². The van der Waals surface area contributed by atoms with Gasteiger partial charge in [-0.1, -0.05) is 60.8 Å². The van der Waals surface area contributed by atoms with Gasteiger partial charge in [0.15, 0.2) is 0 Å². The molecule has 0 aliphatic heterocycles. The number of nitrogens with zero attached hydrogens (tertiary/aromatic N) is 2. The highest BCUT2D eigenvalue weighted by Gasteiger charge is 2.38. The Kier molecular flexibility index (Phi) is 10.4. The first-order valence-corrected chi connectivity index (χ1v) is 14.5. The number of amides is 1. The van der Waals surface area contributed by atoms with Crippen LogP contribution in [0.25, 0.3) is 10.9 Å². The molecular formula is C31H27Cl2F6N3O3. The molecule has 1 aromatic heterocycles. The number of hydrogen-bond donors (Lipinski definition) is 2. The van der Waals surface area contributed by atoms with E-state index in [-0.39, 0.29) is 35.1 Å². The lowest BCUT2D eigenvalue weighted by Crippen LogP contribution is -2.26. The van der Waals surface area contributed by atoms with Crippen LogP contribution in [0.2, 0.25) is 10.0 Å². The average molecular weight is 674 g/mol. The molecule has 3 aromatic carbocycles. The quantitative estimate of drug-likeness (QED) is 0.156. The van der Waals surface area contributed by atoms with Crippen LogP contribution in [0, 0.1) is 0 Å². The number of aliphatic carboxylic acids is 1. The predicted octanol–water partition coefficient (Wildman–Crippen LogP) is 8.84. The zero-order chi connectivity index (χ0) is 33.1. The van der Waals surface area contributed by atoms with Crippen LogP contribution in [0.5, 0.6) is 0 Å². The Morgan fingerprint density at radius 2 is 1.58 bits per heavy atom. The van der Waals surface area contributed by atoms with E-state index in [0.29, 0.717) is 39.7 Å². The molecule has 0 aliphatic carbocycles. The van der Waals surface area contributed by atoms with Gasteiger partial charge in [-0.3, -0.25) is 14.3 Å². The van der Waals surface area contributed by atoms with E-state index in [9.17, 15) is 35.9 Å². The monoisotopic (exact) mass is 673 g/mol. The highest BCUT2D eigenvalue weighted by molar-refractivity contribution is 6.35. The van der Waals surface area contributed by atoms with Gasteiger partial charge in [-0.15, -0.1) is 0 Å². The van der Waals surface area contributed by atoms with Crippen molar-refractivity contribution in [2.45, 2.75) is 56.9 Å². The van der Waals surface area contributed by atoms with Gasteiger partial charge in [0.05, 0.1) is 22.7 Å². The molecule has 0 aliphatic rings. The molecule has 0 saturated carbocycles. The predicted molar refractivity (Wildman–Crippen MR) is 158 cm³/mol. The van der Waals surface area contributed by atoms with E-state index in [2.05, 4.69) is 10.4 Å². The van der Waals surface area contributed by atoms with Gasteiger partial charge in [0.2, 0.25) is 0 Å². The van der Waals surface area contributed by atoms with E-state index in [1.807, 2.05) is 6.92 Å². The summed E-state index contributed by atoms with van der Waals surface area (Å²) in [5, 5.41) is 15.1. The van der Waals surface area contributed by atoms with Crippen molar-refractivity contribution in [2.75, 3.05) is 6.54 Å². The van der Waals surface area contributed by atoms with Crippen LogP contribution in [0.15, 0.2) is 60.7 Å². The molecule has 14 heteroatoms. The molecule has 2 unspecified atom stereocenters. The van der Waals surface area contributed by atoms with E-state index in [4.69, 9.17) is 28.3 Å². The second-order valence-electron chi connectivity index (χ2n) is 10.5. The number of carbonyl (C=O) groups is 2. The zero-order valence-electron chi connectivity index (χ0n) is 23.6. The number of carboxylic acids is 1. The number of hydrogen-bond acceptors (Lipinski definition) is 3. The minimum atomic E-state index is -4.83. The van der Waals surface area contributed by atoms with Crippen LogP contribution < -0.4 is 5.32 Å². The van der Waals surface area contributed by atoms with Crippen LogP contribution in [0.1, 0.15) is 70.8 Å². The summed E-state index contributed by atoms with van der Waals surface area (Å²) < 4.78 is 84.1. The largest absolute Gasteiger partial charge is 0.481 e. The molecule has 4 rings (SSSR count). The maximum Gasteiger partial charge on any atom is 0.416 e. The number of carbonyl (C=O) groups excluding carboxylic acids is 1. The van der Waals surface area contributed by atoms with E-state index in [1.165, 1.54) is 24.3 Å². The summed E-state index contributed by atoms with van der Waals surface area (Å²) in [4.78, 5) is 23.3. The van der Waals surface area contributed by atoms with E-state index < -0.39 is 53.2 Å². The molecule has 0 spiro atoms. The van der Waals surface area contributed by atoms with Gasteiger partial charge in [0, 0.05) is 28.4 Å². The SMILES string of the molecule is CCCC(c1ccc(C(=O)NCCC(=O)O)cc1)C(c1ccc(Cl)cc1)c1c2cc(C(F)(F)F)cc(Cl)c2nn1CC(F)(F)F. The normalized spacial score (nSPS) is 13.5. The summed E-state index contributed by atoms with van der Waals surface area (Å²) in [6.07, 6.45) is -8.93. The molecule has 1 heterocycles. The third kappa shape index (κ3) is 8.29. The molecule has 0 bridgehead atoms. The summed E-state index contributed by atoms with van der Waals surface area (Å²) in [7, 11) is 0. The topological polar surface area (TPSA) is 84.2 Å². The van der Waals surface area contributed by atoms with Crippen LogP contribution in [0.3, 0.4) is 0 Å². The second-order valence-corrected chi connectivity index (χ2v) is 11.3. The van der Waals surface area contributed by atoms with Gasteiger partial charge in [-0.2, -0.15) is 31.4 Å². The lowest BCUT2D eigenvalue weighted by Gasteiger charge is -2.30. The van der Waals surface area contributed by atoms with Crippen molar-refractivity contribution < 1.29 is 41.0 Å². The fourth-order valence-electron chi connectivity index (χ4n) is 5.35. The summed E-state index contributed by atoms with van der Waals surface area (Å²) >= 11 is 12.3. The molecular weight excluding hydrogens is 647 g/mol. The Balaban J connectivity index is 1.94. The first-order chi connectivity index (χ1) is 21.1. The highest BCUT2D eigenvalue weighted by Crippen LogP contribution is 2.46. The van der Waals surface area contributed by atoms with Gasteiger partial charge in [-0.25, -0.2) is 0 Å². The van der Waals surface area contributed by atoms with Gasteiger partial charge in [-0.05, 0) is 59.9 Å². The van der Waals surface area contributed by atoms with E-state index >= 15 is 0 Å². The third-order valence-electron chi connectivity index (χ3n) is 7.25. The molecule has 45 heavy (non-hydrogen) atoms. The highest BCUT2D eigenvalue weighted by atomic mass is 35.5. The van der Waals surface area contributed by atoms with Gasteiger partial charge >= 0.3 is 18.3 Å². The molecule has 240 valence electrons. The van der Waals surface area contributed by atoms with Crippen molar-refractivity contribution in [3.8, 4) is 0 Å². The summed E-state index contributed by atoms with van der Waals surface area (Å²) in [6, 6.07) is 13.9. The number of alkyl halides is 6. The smallest absolute Gasteiger partial charge is 0.416 e. The molecule has 0 saturated heterocycles. The summed E-state index contributed by atoms with van der Waals surface area (Å²) in [5.74, 6) is -3.15. The van der Waals surface area contributed by atoms with Crippen LogP contribution in [-0.4, -0.2) is 39.5 Å². The first kappa shape index (κ1) is 34.1. The van der Waals surface area contributed by atoms with Gasteiger partial charge in [0.25, 0.3) is 5.91 Å². The third-order valence-corrected chi connectivity index (χ3v) is 7.79. The fourth-order valence-corrected chi connectivity index (χ4v) is 5.73. The number of benzene rings is 3. The fraction of sp³-hybridized carbons (Fsp3) is 0.323. The Morgan fingerprint density at radius 3 is 2.13 bits per heavy atom. The van der Waals surface area contributed by atoms with Crippen molar-refractivity contribution >= 4 is 46.0 Å². The number of halogens is 8. The Hall–Kier alpha value is -3.77. The number of carboxylic acid groups (broad SMARTS) is 1. The van der Waals surface area contributed by atoms with Crippen LogP contribution >= 0.6 is 23.2 Å². The molecule has 6 nitrogen and oxygen atoms in total. The van der Waals surface area contributed by atoms with Crippen molar-refractivity contribution in [1.82, 2.24) is 15.1 Å². The lowest BCUT2D eigenvalue weighted by atomic mass is 9.76. The Labute approximate surface area is 263 Å². The number of nitrogens with one attached hydrogen (secondary N) is 1. The average Bonchev–Trinajstić information content (AvgIpc) is 3.29. The lowest BCUT2D eigenvalue weighted by molar-refractivity contribution is -0.143. The standard InChI is InChI=1S/C31H27Cl2F6N3O3/c1-2-3-22(17-4-6-19(7-5-17)29(45)40-13-12-25(43)44)26(18-8-10-21(32)11-9-18)28-23-14-20(31(37,38)39)15-24(33)27(23)41-42(28)16-30(34,35)36/h4-11,14-15,22,26H,2-3,12-13,16H2,1H3,(H,40,45)(H,43,44). The zero-order valence-corrected chi connectivity index (χ0v) is 25.2. The molecule has 2 N–H and O–H groups in total. The number of fused-ring (bicyclic) bond motifs is 1. The van der Waals surface area contributed by atoms with Crippen molar-refractivity contribution in [3.05, 3.63) is 98.7 Å². The maximum absolute atomic E-state index is 13.9. The minimum absolute atomic E-state index is 0.0915. The second kappa shape index (κ2) is 13.7. The number of aromatic nitrogens is 2. The van der Waals surface area contributed by atoms with E-state index in [0.717, 1.165) is 6.07 Å². The minimum Gasteiger partial charge on any atom is -0.481 e. The summed E-state index contributed by atoms with van der Waals surface area (Å²) in [5.41, 5.74) is -0.139. The summed E-state index contributed by atoms with van der Waals surface area (Å²) in [6.45, 7) is 0.193. The van der Waals surface area contributed by atoms with Crippen LogP contribution in [-0.2, 0) is 17.5 Å². The van der Waals surface area contributed by atoms with Crippen LogP contribution in [0.4, 0.5) is 26.3 Å². The molecule has 0 fully saturated rings. The van der Waals surface area contributed by atoms with Crippen molar-refractivity contribution in [1.29, 1.82) is 0 Å². The Bertz CT molecular complexity index is 1670. The van der Waals surface area contributed by atoms with Gasteiger partial charge in [0.1, 0.15) is 12.1 Å². The maximum atomic E-state index is 13.9. The molecule has 0 radical (unpaired) electrons.